The fourth-order valence-electron chi connectivity index (χ4n) is 2.01. The topological polar surface area (TPSA) is 55.4 Å². The first-order valence-electron chi connectivity index (χ1n) is 6.57. The lowest BCUT2D eigenvalue weighted by Crippen LogP contribution is -2.30. The van der Waals surface area contributed by atoms with Crippen molar-refractivity contribution in [2.45, 2.75) is 11.0 Å². The van der Waals surface area contributed by atoms with Gasteiger partial charge in [-0.1, -0.05) is 29.8 Å². The number of methoxy groups -OCH3 is 1. The van der Waals surface area contributed by atoms with Crippen molar-refractivity contribution in [3.8, 4) is 0 Å². The highest BCUT2D eigenvalue weighted by Gasteiger charge is 2.22. The van der Waals surface area contributed by atoms with Gasteiger partial charge in [0.2, 0.25) is 10.0 Å². The number of ether oxygens (including phenoxy) is 1. The third-order valence-electron chi connectivity index (χ3n) is 3.18. The van der Waals surface area contributed by atoms with Crippen LogP contribution in [0.5, 0.6) is 0 Å². The molecule has 1 atom stereocenters. The van der Waals surface area contributed by atoms with Crippen LogP contribution < -0.4 is 4.72 Å². The van der Waals surface area contributed by atoms with Gasteiger partial charge in [-0.05, 0) is 18.2 Å². The second kappa shape index (κ2) is 7.35. The molecule has 0 aliphatic carbocycles. The number of nitrogens with one attached hydrogen (secondary N) is 1. The molecule has 1 N–H and O–H groups in total. The maximum Gasteiger partial charge on any atom is 0.243 e. The average molecular weight is 362 g/mol. The summed E-state index contributed by atoms with van der Waals surface area (Å²) in [6.07, 6.45) is -0.651. The molecule has 8 heteroatoms. The van der Waals surface area contributed by atoms with Crippen LogP contribution in [-0.2, 0) is 14.8 Å². The van der Waals surface area contributed by atoms with Gasteiger partial charge in [0.1, 0.15) is 16.5 Å². The predicted molar refractivity (Wildman–Crippen MR) is 82.7 cm³/mol. The molecule has 0 spiro atoms. The number of halogens is 3. The monoisotopic (exact) mass is 361 g/mol. The lowest BCUT2D eigenvalue weighted by molar-refractivity contribution is 0.107. The first-order valence-corrected chi connectivity index (χ1v) is 8.43. The SMILES string of the molecule is COC(CNS(=O)(=O)c1ccc(F)cc1F)c1ccccc1Cl. The normalized spacial score (nSPS) is 13.0. The van der Waals surface area contributed by atoms with E-state index in [0.29, 0.717) is 16.7 Å². The van der Waals surface area contributed by atoms with Crippen molar-refractivity contribution in [2.75, 3.05) is 13.7 Å². The number of hydrogen-bond acceptors (Lipinski definition) is 3. The summed E-state index contributed by atoms with van der Waals surface area (Å²) < 4.78 is 58.3. The van der Waals surface area contributed by atoms with E-state index in [0.717, 1.165) is 12.1 Å². The van der Waals surface area contributed by atoms with Crippen LogP contribution in [0.25, 0.3) is 0 Å². The average Bonchev–Trinajstić information content (AvgIpc) is 2.49. The highest BCUT2D eigenvalue weighted by Crippen LogP contribution is 2.25. The third kappa shape index (κ3) is 4.26. The second-order valence-corrected chi connectivity index (χ2v) is 6.82. The van der Waals surface area contributed by atoms with Gasteiger partial charge in [-0.15, -0.1) is 0 Å². The number of hydrogen-bond donors (Lipinski definition) is 1. The molecule has 0 saturated heterocycles. The minimum atomic E-state index is -4.15. The van der Waals surface area contributed by atoms with Crippen molar-refractivity contribution < 1.29 is 21.9 Å². The van der Waals surface area contributed by atoms with E-state index in [1.807, 2.05) is 0 Å². The minimum Gasteiger partial charge on any atom is -0.375 e. The van der Waals surface area contributed by atoms with Gasteiger partial charge in [-0.25, -0.2) is 21.9 Å². The molecule has 1 unspecified atom stereocenters. The largest absolute Gasteiger partial charge is 0.375 e. The summed E-state index contributed by atoms with van der Waals surface area (Å²) in [7, 11) is -2.74. The lowest BCUT2D eigenvalue weighted by atomic mass is 10.1. The molecule has 0 fully saturated rings. The van der Waals surface area contributed by atoms with Gasteiger partial charge >= 0.3 is 0 Å². The molecule has 124 valence electrons. The molecule has 4 nitrogen and oxygen atoms in total. The summed E-state index contributed by atoms with van der Waals surface area (Å²) in [5.41, 5.74) is 0.596. The molecule has 0 saturated carbocycles. The fraction of sp³-hybridized carbons (Fsp3) is 0.200. The Morgan fingerprint density at radius 2 is 1.91 bits per heavy atom. The quantitative estimate of drug-likeness (QED) is 0.859. The van der Waals surface area contributed by atoms with Crippen molar-refractivity contribution in [2.24, 2.45) is 0 Å². The second-order valence-electron chi connectivity index (χ2n) is 4.67. The highest BCUT2D eigenvalue weighted by atomic mass is 35.5. The molecule has 2 aromatic carbocycles. The fourth-order valence-corrected chi connectivity index (χ4v) is 3.36. The maximum atomic E-state index is 13.6. The molecule has 0 aliphatic rings. The molecule has 0 heterocycles. The van der Waals surface area contributed by atoms with Crippen LogP contribution in [0.2, 0.25) is 5.02 Å². The summed E-state index contributed by atoms with van der Waals surface area (Å²) in [5.74, 6) is -2.02. The van der Waals surface area contributed by atoms with Crippen LogP contribution in [0.1, 0.15) is 11.7 Å². The van der Waals surface area contributed by atoms with Gasteiger partial charge in [0, 0.05) is 30.3 Å². The Balaban J connectivity index is 2.19. The van der Waals surface area contributed by atoms with Crippen molar-refractivity contribution in [3.63, 3.8) is 0 Å². The van der Waals surface area contributed by atoms with Crippen LogP contribution in [0.4, 0.5) is 8.78 Å². The number of sulfonamides is 1. The molecule has 0 amide bonds. The van der Waals surface area contributed by atoms with Gasteiger partial charge in [0.25, 0.3) is 0 Å². The summed E-state index contributed by atoms with van der Waals surface area (Å²) >= 11 is 6.05. The van der Waals surface area contributed by atoms with E-state index in [4.69, 9.17) is 16.3 Å². The summed E-state index contributed by atoms with van der Waals surface area (Å²) in [5, 5.41) is 0.423. The van der Waals surface area contributed by atoms with Crippen molar-refractivity contribution in [1.29, 1.82) is 0 Å². The Kier molecular flexibility index (Phi) is 5.69. The van der Waals surface area contributed by atoms with Crippen molar-refractivity contribution in [1.82, 2.24) is 4.72 Å². The minimum absolute atomic E-state index is 0.153. The van der Waals surface area contributed by atoms with Gasteiger partial charge in [-0.2, -0.15) is 0 Å². The van der Waals surface area contributed by atoms with Crippen LogP contribution in [0, 0.1) is 11.6 Å². The van der Waals surface area contributed by atoms with Gasteiger partial charge in [0.15, 0.2) is 0 Å². The molecule has 0 aromatic heterocycles. The Morgan fingerprint density at radius 3 is 2.52 bits per heavy atom. The summed E-state index contributed by atoms with van der Waals surface area (Å²) in [4.78, 5) is -0.632. The van der Waals surface area contributed by atoms with Gasteiger partial charge in [-0.3, -0.25) is 0 Å². The van der Waals surface area contributed by atoms with Crippen LogP contribution >= 0.6 is 11.6 Å². The Bertz CT molecular complexity index is 799. The first-order chi connectivity index (χ1) is 10.8. The standard InChI is InChI=1S/C15H14ClF2NO3S/c1-22-14(11-4-2-3-5-12(11)16)9-19-23(20,21)15-7-6-10(17)8-13(15)18/h2-8,14,19H,9H2,1H3. The zero-order chi connectivity index (χ0) is 17.0. The van der Waals surface area contributed by atoms with E-state index in [9.17, 15) is 17.2 Å². The van der Waals surface area contributed by atoms with Gasteiger partial charge in [0.05, 0.1) is 6.10 Å². The number of benzene rings is 2. The summed E-state index contributed by atoms with van der Waals surface area (Å²) in [6.45, 7) is -0.153. The molecule has 0 aliphatic heterocycles. The Hall–Kier alpha value is -1.54. The summed E-state index contributed by atoms with van der Waals surface area (Å²) in [6, 6.07) is 9.07. The first kappa shape index (κ1) is 17.8. The van der Waals surface area contributed by atoms with E-state index >= 15 is 0 Å². The molecule has 0 radical (unpaired) electrons. The van der Waals surface area contributed by atoms with Crippen LogP contribution in [-0.4, -0.2) is 22.1 Å². The molecular formula is C15H14ClF2NO3S. The highest BCUT2D eigenvalue weighted by molar-refractivity contribution is 7.89. The lowest BCUT2D eigenvalue weighted by Gasteiger charge is -2.18. The molecule has 0 bridgehead atoms. The Morgan fingerprint density at radius 1 is 1.22 bits per heavy atom. The molecule has 2 aromatic rings. The predicted octanol–water partition coefficient (Wildman–Crippen LogP) is 3.28. The maximum absolute atomic E-state index is 13.6. The zero-order valence-corrected chi connectivity index (χ0v) is 13.7. The van der Waals surface area contributed by atoms with Crippen LogP contribution in [0.15, 0.2) is 47.4 Å². The zero-order valence-electron chi connectivity index (χ0n) is 12.1. The van der Waals surface area contributed by atoms with E-state index < -0.39 is 32.7 Å². The smallest absolute Gasteiger partial charge is 0.243 e. The van der Waals surface area contributed by atoms with Crippen molar-refractivity contribution in [3.05, 3.63) is 64.7 Å². The molecule has 23 heavy (non-hydrogen) atoms. The molecular weight excluding hydrogens is 348 g/mol. The van der Waals surface area contributed by atoms with E-state index in [-0.39, 0.29) is 6.54 Å². The van der Waals surface area contributed by atoms with Crippen molar-refractivity contribution >= 4 is 21.6 Å². The third-order valence-corrected chi connectivity index (χ3v) is 4.98. The van der Waals surface area contributed by atoms with E-state index in [1.165, 1.54) is 7.11 Å². The number of rotatable bonds is 6. The van der Waals surface area contributed by atoms with Gasteiger partial charge < -0.3 is 4.74 Å². The van der Waals surface area contributed by atoms with Crippen LogP contribution in [0.3, 0.4) is 0 Å². The van der Waals surface area contributed by atoms with E-state index in [2.05, 4.69) is 4.72 Å². The molecule has 2 rings (SSSR count). The Labute approximate surface area is 138 Å². The van der Waals surface area contributed by atoms with E-state index in [1.54, 1.807) is 24.3 Å².